The first-order chi connectivity index (χ1) is 9.43. The van der Waals surface area contributed by atoms with Crippen LogP contribution in [0.5, 0.6) is 5.75 Å². The second-order valence-corrected chi connectivity index (χ2v) is 5.88. The minimum absolute atomic E-state index is 0.00676. The molecule has 1 aromatic rings. The number of carbonyl (C=O) groups excluding carboxylic acids is 1. The Bertz CT molecular complexity index is 499. The van der Waals surface area contributed by atoms with Crippen molar-refractivity contribution in [3.05, 3.63) is 23.8 Å². The van der Waals surface area contributed by atoms with E-state index in [1.165, 1.54) is 0 Å². The zero-order valence-corrected chi connectivity index (χ0v) is 12.7. The summed E-state index contributed by atoms with van der Waals surface area (Å²) in [7, 11) is 1.80. The third-order valence-corrected chi connectivity index (χ3v) is 3.74. The summed E-state index contributed by atoms with van der Waals surface area (Å²) < 4.78 is 5.75. The van der Waals surface area contributed by atoms with E-state index >= 15 is 0 Å². The number of benzene rings is 1. The topological polar surface area (TPSA) is 55.6 Å². The number of likely N-dealkylation sites (N-methyl/N-ethyl adjacent to an activating group) is 1. The third kappa shape index (κ3) is 2.80. The Morgan fingerprint density at radius 2 is 2.10 bits per heavy atom. The molecule has 4 nitrogen and oxygen atoms in total. The van der Waals surface area contributed by atoms with E-state index in [9.17, 15) is 4.79 Å². The average molecular weight is 276 g/mol. The zero-order chi connectivity index (χ0) is 14.9. The monoisotopic (exact) mass is 276 g/mol. The van der Waals surface area contributed by atoms with E-state index < -0.39 is 0 Å². The highest BCUT2D eigenvalue weighted by atomic mass is 16.5. The number of nitrogens with zero attached hydrogens (tertiary/aromatic N) is 1. The summed E-state index contributed by atoms with van der Waals surface area (Å²) in [6, 6.07) is 5.90. The van der Waals surface area contributed by atoms with E-state index in [0.29, 0.717) is 12.3 Å². The molecule has 2 rings (SSSR count). The van der Waals surface area contributed by atoms with Gasteiger partial charge in [0.2, 0.25) is 0 Å². The first-order valence-corrected chi connectivity index (χ1v) is 7.27. The summed E-state index contributed by atoms with van der Waals surface area (Å²) >= 11 is 0. The van der Waals surface area contributed by atoms with Crippen LogP contribution < -0.4 is 15.4 Å². The third-order valence-electron chi connectivity index (χ3n) is 3.74. The zero-order valence-electron chi connectivity index (χ0n) is 12.7. The maximum Gasteiger partial charge on any atom is 0.267 e. The molecule has 2 atom stereocenters. The van der Waals surface area contributed by atoms with E-state index in [0.717, 1.165) is 23.4 Å². The van der Waals surface area contributed by atoms with Crippen molar-refractivity contribution in [2.75, 3.05) is 11.9 Å². The van der Waals surface area contributed by atoms with Crippen molar-refractivity contribution in [3.8, 4) is 5.75 Å². The number of fused-ring (bicyclic) bond motifs is 1. The molecular weight excluding hydrogens is 252 g/mol. The van der Waals surface area contributed by atoms with E-state index in [4.69, 9.17) is 10.5 Å². The number of hydrogen-bond donors (Lipinski definition) is 1. The van der Waals surface area contributed by atoms with Crippen LogP contribution >= 0.6 is 0 Å². The van der Waals surface area contributed by atoms with Crippen molar-refractivity contribution < 1.29 is 9.53 Å². The fourth-order valence-electron chi connectivity index (χ4n) is 2.57. The minimum Gasteiger partial charge on any atom is -0.478 e. The highest BCUT2D eigenvalue weighted by molar-refractivity contribution is 5.99. The van der Waals surface area contributed by atoms with Gasteiger partial charge in [0.05, 0.1) is 5.69 Å². The predicted molar refractivity (Wildman–Crippen MR) is 80.9 cm³/mol. The van der Waals surface area contributed by atoms with Crippen molar-refractivity contribution in [1.29, 1.82) is 0 Å². The van der Waals surface area contributed by atoms with Gasteiger partial charge >= 0.3 is 0 Å². The Morgan fingerprint density at radius 3 is 2.70 bits per heavy atom. The Kier molecular flexibility index (Phi) is 4.33. The molecule has 4 heteroatoms. The molecule has 0 saturated heterocycles. The average Bonchev–Trinajstić information content (AvgIpc) is 2.41. The van der Waals surface area contributed by atoms with Gasteiger partial charge in [-0.2, -0.15) is 0 Å². The highest BCUT2D eigenvalue weighted by Crippen LogP contribution is 2.36. The van der Waals surface area contributed by atoms with Crippen LogP contribution in [0.15, 0.2) is 18.2 Å². The molecule has 0 saturated carbocycles. The molecule has 0 fully saturated rings. The van der Waals surface area contributed by atoms with Crippen LogP contribution in [0.25, 0.3) is 0 Å². The lowest BCUT2D eigenvalue weighted by Crippen LogP contribution is -2.43. The van der Waals surface area contributed by atoms with Crippen LogP contribution in [-0.4, -0.2) is 19.1 Å². The highest BCUT2D eigenvalue weighted by Gasteiger charge is 2.31. The predicted octanol–water partition coefficient (Wildman–Crippen LogP) is 2.87. The first-order valence-electron chi connectivity index (χ1n) is 7.27. The second kappa shape index (κ2) is 5.83. The Hall–Kier alpha value is -1.55. The standard InChI is InChI=1S/C16H24N2O2/c1-5-14-16(19)18(4)13-9-11(6-7-15(13)20-14)12(17)8-10(2)3/h6-7,9-10,12,14H,5,8,17H2,1-4H3. The van der Waals surface area contributed by atoms with Gasteiger partial charge in [0, 0.05) is 13.1 Å². The van der Waals surface area contributed by atoms with Crippen molar-refractivity contribution in [2.45, 2.75) is 45.8 Å². The smallest absolute Gasteiger partial charge is 0.267 e. The van der Waals surface area contributed by atoms with Gasteiger partial charge in [-0.3, -0.25) is 4.79 Å². The molecule has 1 aromatic carbocycles. The summed E-state index contributed by atoms with van der Waals surface area (Å²) in [6.45, 7) is 6.26. The largest absolute Gasteiger partial charge is 0.478 e. The lowest BCUT2D eigenvalue weighted by molar-refractivity contribution is -0.126. The molecule has 1 aliphatic rings. The maximum absolute atomic E-state index is 12.1. The summed E-state index contributed by atoms with van der Waals surface area (Å²) in [4.78, 5) is 13.8. The van der Waals surface area contributed by atoms with Gasteiger partial charge in [-0.1, -0.05) is 26.8 Å². The number of rotatable bonds is 4. The van der Waals surface area contributed by atoms with Gasteiger partial charge in [-0.05, 0) is 36.5 Å². The van der Waals surface area contributed by atoms with E-state index in [2.05, 4.69) is 13.8 Å². The number of nitrogens with two attached hydrogens (primary N) is 1. The summed E-state index contributed by atoms with van der Waals surface area (Å²) in [5.74, 6) is 1.31. The maximum atomic E-state index is 12.1. The van der Waals surface area contributed by atoms with E-state index in [1.807, 2.05) is 25.1 Å². The Morgan fingerprint density at radius 1 is 1.40 bits per heavy atom. The molecule has 110 valence electrons. The van der Waals surface area contributed by atoms with Gasteiger partial charge in [-0.25, -0.2) is 0 Å². The van der Waals surface area contributed by atoms with E-state index in [-0.39, 0.29) is 18.1 Å². The number of anilines is 1. The molecule has 0 aliphatic carbocycles. The fraction of sp³-hybridized carbons (Fsp3) is 0.562. The van der Waals surface area contributed by atoms with Gasteiger partial charge in [0.15, 0.2) is 6.10 Å². The molecule has 2 unspecified atom stereocenters. The second-order valence-electron chi connectivity index (χ2n) is 5.88. The molecule has 0 bridgehead atoms. The van der Waals surface area contributed by atoms with Crippen molar-refractivity contribution >= 4 is 11.6 Å². The molecule has 1 amide bonds. The first kappa shape index (κ1) is 14.9. The molecule has 0 spiro atoms. The quantitative estimate of drug-likeness (QED) is 0.920. The van der Waals surface area contributed by atoms with Crippen molar-refractivity contribution in [1.82, 2.24) is 0 Å². The van der Waals surface area contributed by atoms with Gasteiger partial charge in [0.1, 0.15) is 5.75 Å². The van der Waals surface area contributed by atoms with Gasteiger partial charge in [0.25, 0.3) is 5.91 Å². The number of carbonyl (C=O) groups is 1. The van der Waals surface area contributed by atoms with E-state index in [1.54, 1.807) is 11.9 Å². The minimum atomic E-state index is -0.373. The molecule has 1 aliphatic heterocycles. The van der Waals surface area contributed by atoms with Crippen molar-refractivity contribution in [3.63, 3.8) is 0 Å². The number of amides is 1. The Labute approximate surface area is 120 Å². The molecular formula is C16H24N2O2. The molecule has 1 heterocycles. The number of hydrogen-bond acceptors (Lipinski definition) is 3. The summed E-state index contributed by atoms with van der Waals surface area (Å²) in [5, 5.41) is 0. The molecule has 20 heavy (non-hydrogen) atoms. The van der Waals surface area contributed by atoms with Gasteiger partial charge < -0.3 is 15.4 Å². The van der Waals surface area contributed by atoms with Crippen LogP contribution in [0.2, 0.25) is 0 Å². The summed E-state index contributed by atoms with van der Waals surface area (Å²) in [6.07, 6.45) is 1.23. The van der Waals surface area contributed by atoms with Crippen LogP contribution in [0.3, 0.4) is 0 Å². The van der Waals surface area contributed by atoms with Gasteiger partial charge in [-0.15, -0.1) is 0 Å². The Balaban J connectivity index is 2.30. The molecule has 0 radical (unpaired) electrons. The summed E-state index contributed by atoms with van der Waals surface area (Å²) in [5.41, 5.74) is 8.09. The van der Waals surface area contributed by atoms with Crippen LogP contribution in [0.4, 0.5) is 5.69 Å². The van der Waals surface area contributed by atoms with Crippen molar-refractivity contribution in [2.24, 2.45) is 11.7 Å². The molecule has 0 aromatic heterocycles. The lowest BCUT2D eigenvalue weighted by Gasteiger charge is -2.32. The van der Waals surface area contributed by atoms with Crippen LogP contribution in [0, 0.1) is 5.92 Å². The SMILES string of the molecule is CCC1Oc2ccc(C(N)CC(C)C)cc2N(C)C1=O. The fourth-order valence-corrected chi connectivity index (χ4v) is 2.57. The number of ether oxygens (including phenoxy) is 1. The van der Waals surface area contributed by atoms with Crippen LogP contribution in [-0.2, 0) is 4.79 Å². The van der Waals surface area contributed by atoms with Crippen LogP contribution in [0.1, 0.15) is 45.2 Å². The lowest BCUT2D eigenvalue weighted by atomic mass is 9.97. The normalized spacial score (nSPS) is 19.8. The molecule has 2 N–H and O–H groups in total.